The Morgan fingerprint density at radius 2 is 1.89 bits per heavy atom. The second-order valence-corrected chi connectivity index (χ2v) is 5.68. The molecular formula is C16H24FN. The Morgan fingerprint density at radius 3 is 2.56 bits per heavy atom. The van der Waals surface area contributed by atoms with Crippen LogP contribution in [0.15, 0.2) is 12.1 Å². The Kier molecular flexibility index (Phi) is 4.39. The summed E-state index contributed by atoms with van der Waals surface area (Å²) < 4.78 is 14.2. The minimum atomic E-state index is -0.00532. The Hall–Kier alpha value is -0.890. The molecule has 1 N–H and O–H groups in total. The van der Waals surface area contributed by atoms with Gasteiger partial charge in [0.05, 0.1) is 0 Å². The normalized spacial score (nSPS) is 24.9. The molecule has 18 heavy (non-hydrogen) atoms. The van der Waals surface area contributed by atoms with E-state index in [2.05, 4.69) is 11.4 Å². The van der Waals surface area contributed by atoms with Gasteiger partial charge < -0.3 is 5.32 Å². The molecule has 1 saturated carbocycles. The summed E-state index contributed by atoms with van der Waals surface area (Å²) in [5, 5.41) is 3.37. The molecule has 1 aromatic rings. The number of rotatable bonds is 2. The van der Waals surface area contributed by atoms with Crippen molar-refractivity contribution in [3.63, 3.8) is 0 Å². The summed E-state index contributed by atoms with van der Waals surface area (Å²) in [7, 11) is 2.02. The summed E-state index contributed by atoms with van der Waals surface area (Å²) in [6.07, 6.45) is 5.89. The Balaban J connectivity index is 2.29. The summed E-state index contributed by atoms with van der Waals surface area (Å²) in [6, 6.07) is 4.33. The van der Waals surface area contributed by atoms with Crippen LogP contribution in [0.5, 0.6) is 0 Å². The van der Waals surface area contributed by atoms with Crippen molar-refractivity contribution in [2.45, 2.75) is 57.9 Å². The van der Waals surface area contributed by atoms with Crippen LogP contribution in [-0.2, 0) is 0 Å². The van der Waals surface area contributed by atoms with Gasteiger partial charge in [0.2, 0.25) is 0 Å². The molecule has 0 bridgehead atoms. The highest BCUT2D eigenvalue weighted by Gasteiger charge is 2.24. The predicted octanol–water partition coefficient (Wildman–Crippen LogP) is 4.08. The molecule has 100 valence electrons. The summed E-state index contributed by atoms with van der Waals surface area (Å²) in [4.78, 5) is 0. The van der Waals surface area contributed by atoms with Crippen molar-refractivity contribution >= 4 is 0 Å². The van der Waals surface area contributed by atoms with Gasteiger partial charge >= 0.3 is 0 Å². The zero-order valence-corrected chi connectivity index (χ0v) is 11.7. The zero-order chi connectivity index (χ0) is 13.1. The molecule has 1 aliphatic carbocycles. The Morgan fingerprint density at radius 1 is 1.17 bits per heavy atom. The van der Waals surface area contributed by atoms with Crippen molar-refractivity contribution < 1.29 is 4.39 Å². The van der Waals surface area contributed by atoms with E-state index >= 15 is 0 Å². The highest BCUT2D eigenvalue weighted by molar-refractivity contribution is 5.35. The van der Waals surface area contributed by atoms with Crippen LogP contribution in [0.3, 0.4) is 0 Å². The third-order valence-corrected chi connectivity index (χ3v) is 4.22. The fraction of sp³-hybridized carbons (Fsp3) is 0.625. The number of benzene rings is 1. The maximum absolute atomic E-state index is 14.2. The minimum Gasteiger partial charge on any atom is -0.317 e. The first-order chi connectivity index (χ1) is 8.61. The van der Waals surface area contributed by atoms with E-state index in [1.165, 1.54) is 19.3 Å². The van der Waals surface area contributed by atoms with Crippen LogP contribution < -0.4 is 5.32 Å². The average Bonchev–Trinajstić information content (AvgIpc) is 2.53. The molecule has 0 aliphatic heterocycles. The van der Waals surface area contributed by atoms with Crippen LogP contribution in [0.1, 0.15) is 54.7 Å². The molecule has 2 rings (SSSR count). The third-order valence-electron chi connectivity index (χ3n) is 4.22. The molecule has 0 radical (unpaired) electrons. The minimum absolute atomic E-state index is 0.00532. The SMILES string of the molecule is CNC1CCCCC(c2c(C)cc(C)cc2F)C1. The van der Waals surface area contributed by atoms with Crippen LogP contribution in [0, 0.1) is 19.7 Å². The second kappa shape index (κ2) is 5.83. The summed E-state index contributed by atoms with van der Waals surface area (Å²) in [5.74, 6) is 0.375. The fourth-order valence-electron chi connectivity index (χ4n) is 3.33. The van der Waals surface area contributed by atoms with E-state index < -0.39 is 0 Å². The van der Waals surface area contributed by atoms with Crippen molar-refractivity contribution in [3.05, 3.63) is 34.6 Å². The molecule has 0 saturated heterocycles. The highest BCUT2D eigenvalue weighted by Crippen LogP contribution is 2.35. The highest BCUT2D eigenvalue weighted by atomic mass is 19.1. The molecule has 0 spiro atoms. The molecule has 2 heteroatoms. The van der Waals surface area contributed by atoms with Crippen molar-refractivity contribution in [3.8, 4) is 0 Å². The van der Waals surface area contributed by atoms with Gasteiger partial charge in [-0.15, -0.1) is 0 Å². The van der Waals surface area contributed by atoms with Crippen LogP contribution in [0.4, 0.5) is 4.39 Å². The van der Waals surface area contributed by atoms with Crippen LogP contribution >= 0.6 is 0 Å². The zero-order valence-electron chi connectivity index (χ0n) is 11.7. The quantitative estimate of drug-likeness (QED) is 0.779. The number of hydrogen-bond acceptors (Lipinski definition) is 1. The Bertz CT molecular complexity index is 391. The molecule has 0 aromatic heterocycles. The lowest BCUT2D eigenvalue weighted by Gasteiger charge is -2.22. The lowest BCUT2D eigenvalue weighted by Crippen LogP contribution is -2.26. The fourth-order valence-corrected chi connectivity index (χ4v) is 3.33. The molecule has 2 unspecified atom stereocenters. The van der Waals surface area contributed by atoms with Crippen molar-refractivity contribution in [1.29, 1.82) is 0 Å². The molecule has 1 aromatic carbocycles. The topological polar surface area (TPSA) is 12.0 Å². The summed E-state index contributed by atoms with van der Waals surface area (Å²) >= 11 is 0. The van der Waals surface area contributed by atoms with E-state index in [4.69, 9.17) is 0 Å². The summed E-state index contributed by atoms with van der Waals surface area (Å²) in [6.45, 7) is 4.01. The van der Waals surface area contributed by atoms with Crippen molar-refractivity contribution in [2.75, 3.05) is 7.05 Å². The van der Waals surface area contributed by atoms with E-state index in [1.807, 2.05) is 20.9 Å². The third kappa shape index (κ3) is 2.92. The molecule has 0 heterocycles. The van der Waals surface area contributed by atoms with Crippen molar-refractivity contribution in [1.82, 2.24) is 5.32 Å². The summed E-state index contributed by atoms with van der Waals surface area (Å²) in [5.41, 5.74) is 3.10. The van der Waals surface area contributed by atoms with Gasteiger partial charge in [0.25, 0.3) is 0 Å². The van der Waals surface area contributed by atoms with E-state index in [9.17, 15) is 4.39 Å². The van der Waals surface area contributed by atoms with Gasteiger partial charge in [-0.05, 0) is 68.8 Å². The van der Waals surface area contributed by atoms with Gasteiger partial charge in [-0.2, -0.15) is 0 Å². The average molecular weight is 249 g/mol. The van der Waals surface area contributed by atoms with Gasteiger partial charge in [0, 0.05) is 6.04 Å². The monoisotopic (exact) mass is 249 g/mol. The van der Waals surface area contributed by atoms with Crippen LogP contribution in [-0.4, -0.2) is 13.1 Å². The van der Waals surface area contributed by atoms with E-state index in [0.717, 1.165) is 29.5 Å². The first-order valence-corrected chi connectivity index (χ1v) is 7.05. The standard InChI is InChI=1S/C16H24FN/c1-11-8-12(2)16(15(17)9-11)13-6-4-5-7-14(10-13)18-3/h8-9,13-14,18H,4-7,10H2,1-3H3. The largest absolute Gasteiger partial charge is 0.317 e. The smallest absolute Gasteiger partial charge is 0.127 e. The molecule has 1 aliphatic rings. The number of hydrogen-bond donors (Lipinski definition) is 1. The number of nitrogens with one attached hydrogen (secondary N) is 1. The second-order valence-electron chi connectivity index (χ2n) is 5.68. The number of aryl methyl sites for hydroxylation is 2. The Labute approximate surface area is 110 Å². The van der Waals surface area contributed by atoms with E-state index in [1.54, 1.807) is 6.07 Å². The van der Waals surface area contributed by atoms with Gasteiger partial charge in [-0.1, -0.05) is 18.9 Å². The predicted molar refractivity (Wildman–Crippen MR) is 74.5 cm³/mol. The molecule has 2 atom stereocenters. The number of halogens is 1. The molecule has 1 fully saturated rings. The first kappa shape index (κ1) is 13.5. The maximum Gasteiger partial charge on any atom is 0.127 e. The van der Waals surface area contributed by atoms with Gasteiger partial charge in [-0.3, -0.25) is 0 Å². The lowest BCUT2D eigenvalue weighted by atomic mass is 9.86. The van der Waals surface area contributed by atoms with Gasteiger partial charge in [0.15, 0.2) is 0 Å². The van der Waals surface area contributed by atoms with E-state index in [0.29, 0.717) is 12.0 Å². The van der Waals surface area contributed by atoms with E-state index in [-0.39, 0.29) is 5.82 Å². The van der Waals surface area contributed by atoms with Gasteiger partial charge in [0.1, 0.15) is 5.82 Å². The van der Waals surface area contributed by atoms with Crippen LogP contribution in [0.25, 0.3) is 0 Å². The maximum atomic E-state index is 14.2. The first-order valence-electron chi connectivity index (χ1n) is 7.05. The van der Waals surface area contributed by atoms with Gasteiger partial charge in [-0.25, -0.2) is 4.39 Å². The van der Waals surface area contributed by atoms with Crippen LogP contribution in [0.2, 0.25) is 0 Å². The molecule has 1 nitrogen and oxygen atoms in total. The lowest BCUT2D eigenvalue weighted by molar-refractivity contribution is 0.458. The van der Waals surface area contributed by atoms with Crippen molar-refractivity contribution in [2.24, 2.45) is 0 Å². The molecular weight excluding hydrogens is 225 g/mol. The molecule has 0 amide bonds.